The van der Waals surface area contributed by atoms with Crippen molar-refractivity contribution in [2.45, 2.75) is 26.4 Å². The van der Waals surface area contributed by atoms with Crippen LogP contribution in [0.25, 0.3) is 0 Å². The van der Waals surface area contributed by atoms with Gasteiger partial charge >= 0.3 is 5.97 Å². The molecule has 2 aromatic carbocycles. The summed E-state index contributed by atoms with van der Waals surface area (Å²) in [5.74, 6) is 0.00538. The number of para-hydroxylation sites is 1. The lowest BCUT2D eigenvalue weighted by Crippen LogP contribution is -2.23. The highest BCUT2D eigenvalue weighted by molar-refractivity contribution is 5.89. The number of hydrogen-bond donors (Lipinski definition) is 1. The second-order valence-electron chi connectivity index (χ2n) is 5.53. The molecule has 0 aliphatic carbocycles. The SMILES string of the molecule is CCCN(Cc1ccc(C(=O)OC)cc1)Cc1ccccc1O. The summed E-state index contributed by atoms with van der Waals surface area (Å²) in [6.07, 6.45) is 1.04. The molecule has 0 heterocycles. The molecule has 4 nitrogen and oxygen atoms in total. The largest absolute Gasteiger partial charge is 0.508 e. The van der Waals surface area contributed by atoms with E-state index in [1.54, 1.807) is 18.2 Å². The molecule has 0 aliphatic rings. The van der Waals surface area contributed by atoms with Gasteiger partial charge in [-0.15, -0.1) is 0 Å². The van der Waals surface area contributed by atoms with E-state index in [-0.39, 0.29) is 5.97 Å². The van der Waals surface area contributed by atoms with E-state index in [0.29, 0.717) is 17.9 Å². The molecule has 0 unspecified atom stereocenters. The number of carbonyl (C=O) groups excluding carboxylic acids is 1. The van der Waals surface area contributed by atoms with Crippen molar-refractivity contribution in [3.8, 4) is 5.75 Å². The number of hydrogen-bond acceptors (Lipinski definition) is 4. The number of esters is 1. The van der Waals surface area contributed by atoms with Gasteiger partial charge in [0, 0.05) is 18.7 Å². The summed E-state index contributed by atoms with van der Waals surface area (Å²) in [6.45, 7) is 4.54. The molecule has 0 aliphatic heterocycles. The molecule has 0 saturated heterocycles. The number of rotatable bonds is 7. The van der Waals surface area contributed by atoms with Gasteiger partial charge in [-0.2, -0.15) is 0 Å². The van der Waals surface area contributed by atoms with Gasteiger partial charge in [0.25, 0.3) is 0 Å². The third-order valence-electron chi connectivity index (χ3n) is 3.71. The topological polar surface area (TPSA) is 49.8 Å². The van der Waals surface area contributed by atoms with E-state index < -0.39 is 0 Å². The molecule has 2 aromatic rings. The smallest absolute Gasteiger partial charge is 0.337 e. The fourth-order valence-electron chi connectivity index (χ4n) is 2.54. The molecule has 0 fully saturated rings. The van der Waals surface area contributed by atoms with Gasteiger partial charge in [0.05, 0.1) is 12.7 Å². The van der Waals surface area contributed by atoms with Gasteiger partial charge in [0.1, 0.15) is 5.75 Å². The second-order valence-corrected chi connectivity index (χ2v) is 5.53. The van der Waals surface area contributed by atoms with Crippen molar-refractivity contribution in [1.82, 2.24) is 4.90 Å². The number of nitrogens with zero attached hydrogens (tertiary/aromatic N) is 1. The summed E-state index contributed by atoms with van der Waals surface area (Å²) in [5, 5.41) is 9.94. The standard InChI is InChI=1S/C19H23NO3/c1-3-12-20(14-17-6-4-5-7-18(17)21)13-15-8-10-16(11-9-15)19(22)23-2/h4-11,21H,3,12-14H2,1-2H3. The first-order valence-electron chi connectivity index (χ1n) is 7.80. The molecule has 1 N–H and O–H groups in total. The molecule has 0 spiro atoms. The number of benzene rings is 2. The Morgan fingerprint density at radius 2 is 1.78 bits per heavy atom. The van der Waals surface area contributed by atoms with Crippen molar-refractivity contribution in [2.75, 3.05) is 13.7 Å². The molecule has 0 radical (unpaired) electrons. The van der Waals surface area contributed by atoms with Gasteiger partial charge < -0.3 is 9.84 Å². The maximum Gasteiger partial charge on any atom is 0.337 e. The fourth-order valence-corrected chi connectivity index (χ4v) is 2.54. The van der Waals surface area contributed by atoms with E-state index in [1.807, 2.05) is 30.3 Å². The van der Waals surface area contributed by atoms with Gasteiger partial charge in [-0.3, -0.25) is 4.90 Å². The average molecular weight is 313 g/mol. The Morgan fingerprint density at radius 1 is 1.09 bits per heavy atom. The zero-order chi connectivity index (χ0) is 16.7. The molecule has 0 atom stereocenters. The highest BCUT2D eigenvalue weighted by atomic mass is 16.5. The molecule has 122 valence electrons. The van der Waals surface area contributed by atoms with Crippen molar-refractivity contribution in [3.05, 3.63) is 65.2 Å². The quantitative estimate of drug-likeness (QED) is 0.794. The van der Waals surface area contributed by atoms with Crippen LogP contribution >= 0.6 is 0 Å². The van der Waals surface area contributed by atoms with Crippen molar-refractivity contribution >= 4 is 5.97 Å². The van der Waals surface area contributed by atoms with Crippen LogP contribution in [0.5, 0.6) is 5.75 Å². The van der Waals surface area contributed by atoms with E-state index in [0.717, 1.165) is 30.6 Å². The monoisotopic (exact) mass is 313 g/mol. The Morgan fingerprint density at radius 3 is 2.39 bits per heavy atom. The van der Waals surface area contributed by atoms with Crippen LogP contribution in [0.1, 0.15) is 34.8 Å². The third-order valence-corrected chi connectivity index (χ3v) is 3.71. The maximum atomic E-state index is 11.5. The van der Waals surface area contributed by atoms with Gasteiger partial charge in [0.15, 0.2) is 0 Å². The summed E-state index contributed by atoms with van der Waals surface area (Å²) in [5.41, 5.74) is 2.60. The van der Waals surface area contributed by atoms with E-state index >= 15 is 0 Å². The van der Waals surface area contributed by atoms with E-state index in [9.17, 15) is 9.90 Å². The Bertz CT molecular complexity index is 637. The van der Waals surface area contributed by atoms with Gasteiger partial charge in [0.2, 0.25) is 0 Å². The van der Waals surface area contributed by atoms with E-state index in [2.05, 4.69) is 11.8 Å². The number of phenolic OH excluding ortho intramolecular Hbond substituents is 1. The number of phenols is 1. The van der Waals surface area contributed by atoms with Gasteiger partial charge in [-0.05, 0) is 36.7 Å². The summed E-state index contributed by atoms with van der Waals surface area (Å²) in [4.78, 5) is 13.7. The normalized spacial score (nSPS) is 10.7. The second kappa shape index (κ2) is 8.34. The number of methoxy groups -OCH3 is 1. The predicted molar refractivity (Wildman–Crippen MR) is 90.3 cm³/mol. The van der Waals surface area contributed by atoms with Gasteiger partial charge in [-0.1, -0.05) is 37.3 Å². The lowest BCUT2D eigenvalue weighted by Gasteiger charge is -2.22. The summed E-state index contributed by atoms with van der Waals surface area (Å²) in [7, 11) is 1.38. The Kier molecular flexibility index (Phi) is 6.18. The minimum atomic E-state index is -0.323. The Hall–Kier alpha value is -2.33. The molecule has 0 amide bonds. The minimum absolute atomic E-state index is 0.323. The molecule has 2 rings (SSSR count). The van der Waals surface area contributed by atoms with Crippen LogP contribution in [0.2, 0.25) is 0 Å². The van der Waals surface area contributed by atoms with Crippen molar-refractivity contribution in [1.29, 1.82) is 0 Å². The van der Waals surface area contributed by atoms with Crippen LogP contribution < -0.4 is 0 Å². The minimum Gasteiger partial charge on any atom is -0.508 e. The molecular weight excluding hydrogens is 290 g/mol. The van der Waals surface area contributed by atoms with Crippen LogP contribution in [-0.4, -0.2) is 29.6 Å². The molecule has 23 heavy (non-hydrogen) atoms. The maximum absolute atomic E-state index is 11.5. The van der Waals surface area contributed by atoms with Crippen molar-refractivity contribution < 1.29 is 14.6 Å². The Balaban J connectivity index is 2.07. The summed E-state index contributed by atoms with van der Waals surface area (Å²) >= 11 is 0. The highest BCUT2D eigenvalue weighted by Crippen LogP contribution is 2.19. The Labute approximate surface area is 137 Å². The lowest BCUT2D eigenvalue weighted by atomic mass is 10.1. The first kappa shape index (κ1) is 17.0. The van der Waals surface area contributed by atoms with Crippen molar-refractivity contribution in [2.24, 2.45) is 0 Å². The highest BCUT2D eigenvalue weighted by Gasteiger charge is 2.10. The van der Waals surface area contributed by atoms with Crippen LogP contribution in [0.15, 0.2) is 48.5 Å². The molecule has 0 saturated carbocycles. The van der Waals surface area contributed by atoms with E-state index in [4.69, 9.17) is 4.74 Å². The molecular formula is C19H23NO3. The summed E-state index contributed by atoms with van der Waals surface area (Å²) < 4.78 is 4.71. The molecule has 0 bridgehead atoms. The van der Waals surface area contributed by atoms with Crippen LogP contribution in [-0.2, 0) is 17.8 Å². The molecule has 0 aromatic heterocycles. The first-order valence-corrected chi connectivity index (χ1v) is 7.80. The van der Waals surface area contributed by atoms with Crippen LogP contribution in [0.3, 0.4) is 0 Å². The lowest BCUT2D eigenvalue weighted by molar-refractivity contribution is 0.0600. The fraction of sp³-hybridized carbons (Fsp3) is 0.316. The number of carbonyl (C=O) groups is 1. The summed E-state index contributed by atoms with van der Waals surface area (Å²) in [6, 6.07) is 14.9. The average Bonchev–Trinajstić information content (AvgIpc) is 2.57. The van der Waals surface area contributed by atoms with Crippen LogP contribution in [0, 0.1) is 0 Å². The number of aromatic hydroxyl groups is 1. The predicted octanol–water partition coefficient (Wildman–Crippen LogP) is 3.59. The third kappa shape index (κ3) is 4.83. The first-order chi connectivity index (χ1) is 11.1. The van der Waals surface area contributed by atoms with Crippen LogP contribution in [0.4, 0.5) is 0 Å². The zero-order valence-corrected chi connectivity index (χ0v) is 13.7. The van der Waals surface area contributed by atoms with Gasteiger partial charge in [-0.25, -0.2) is 4.79 Å². The number of ether oxygens (including phenoxy) is 1. The van der Waals surface area contributed by atoms with Crippen molar-refractivity contribution in [3.63, 3.8) is 0 Å². The molecule has 4 heteroatoms. The zero-order valence-electron chi connectivity index (χ0n) is 13.7. The van der Waals surface area contributed by atoms with E-state index in [1.165, 1.54) is 7.11 Å².